The van der Waals surface area contributed by atoms with Crippen molar-refractivity contribution >= 4 is 22.6 Å². The Morgan fingerprint density at radius 2 is 1.32 bits per heavy atom. The van der Waals surface area contributed by atoms with Gasteiger partial charge in [0, 0.05) is 6.42 Å². The molecule has 0 bridgehead atoms. The third kappa shape index (κ3) is 10.6. The monoisotopic (exact) mass is 606 g/mol. The van der Waals surface area contributed by atoms with Gasteiger partial charge in [0.15, 0.2) is 16.6 Å². The Bertz CT molecular complexity index is 919. The molecule has 1 aliphatic rings. The quantitative estimate of drug-likeness (QED) is 0.122. The second-order valence-electron chi connectivity index (χ2n) is 15.4. The van der Waals surface area contributed by atoms with E-state index in [1.54, 1.807) is 0 Å². The lowest BCUT2D eigenvalue weighted by molar-refractivity contribution is -0.140. The largest absolute Gasteiger partial charge is 0.469 e. The topological polar surface area (TPSA) is 65.0 Å². The Morgan fingerprint density at radius 3 is 1.80 bits per heavy atom. The minimum absolute atomic E-state index is 0.119. The molecule has 7 heteroatoms. The van der Waals surface area contributed by atoms with Gasteiger partial charge >= 0.3 is 5.97 Å². The van der Waals surface area contributed by atoms with Crippen LogP contribution in [0.3, 0.4) is 0 Å². The van der Waals surface area contributed by atoms with Gasteiger partial charge in [-0.25, -0.2) is 0 Å². The summed E-state index contributed by atoms with van der Waals surface area (Å²) >= 11 is 0. The number of esters is 1. The molecule has 0 radical (unpaired) electrons. The predicted molar refractivity (Wildman–Crippen MR) is 176 cm³/mol. The Labute approximate surface area is 254 Å². The lowest BCUT2D eigenvalue weighted by Crippen LogP contribution is -2.45. The molecule has 0 aromatic heterocycles. The van der Waals surface area contributed by atoms with Crippen molar-refractivity contribution in [1.82, 2.24) is 0 Å². The van der Waals surface area contributed by atoms with Crippen LogP contribution in [0.15, 0.2) is 30.3 Å². The van der Waals surface area contributed by atoms with Crippen molar-refractivity contribution < 1.29 is 23.5 Å². The molecule has 1 aromatic rings. The van der Waals surface area contributed by atoms with Crippen molar-refractivity contribution in [3.05, 3.63) is 35.9 Å². The van der Waals surface area contributed by atoms with Crippen LogP contribution in [-0.4, -0.2) is 47.0 Å². The molecular formula is C34H62O5Si2. The van der Waals surface area contributed by atoms with E-state index in [1.165, 1.54) is 7.11 Å². The molecule has 1 N–H and O–H groups in total. The Morgan fingerprint density at radius 1 is 0.829 bits per heavy atom. The van der Waals surface area contributed by atoms with Crippen LogP contribution in [0.4, 0.5) is 0 Å². The van der Waals surface area contributed by atoms with Crippen LogP contribution in [0.2, 0.25) is 36.3 Å². The molecule has 0 heterocycles. The zero-order chi connectivity index (χ0) is 31.1. The second kappa shape index (κ2) is 15.1. The lowest BCUT2D eigenvalue weighted by Gasteiger charge is -2.40. The van der Waals surface area contributed by atoms with Crippen LogP contribution < -0.4 is 0 Å². The summed E-state index contributed by atoms with van der Waals surface area (Å²) < 4.78 is 19.2. The zero-order valence-corrected chi connectivity index (χ0v) is 30.2. The maximum absolute atomic E-state index is 11.5. The highest BCUT2D eigenvalue weighted by atomic mass is 28.4. The third-order valence-electron chi connectivity index (χ3n) is 10.3. The average molecular weight is 607 g/mol. The number of hydrogen-bond donors (Lipinski definition) is 1. The maximum atomic E-state index is 11.5. The Hall–Kier alpha value is -0.996. The molecule has 1 aromatic carbocycles. The molecule has 5 nitrogen and oxygen atoms in total. The molecule has 2 unspecified atom stereocenters. The number of aliphatic hydroxyl groups excluding tert-OH is 1. The number of benzene rings is 1. The molecule has 1 aliphatic carbocycles. The second-order valence-corrected chi connectivity index (χ2v) is 24.9. The van der Waals surface area contributed by atoms with Crippen molar-refractivity contribution in [3.8, 4) is 0 Å². The van der Waals surface area contributed by atoms with Gasteiger partial charge in [-0.15, -0.1) is 0 Å². The molecule has 0 spiro atoms. The van der Waals surface area contributed by atoms with Crippen LogP contribution in [0, 0.1) is 11.8 Å². The summed E-state index contributed by atoms with van der Waals surface area (Å²) in [6.45, 7) is 23.4. The van der Waals surface area contributed by atoms with Gasteiger partial charge in [0.25, 0.3) is 0 Å². The first-order valence-electron chi connectivity index (χ1n) is 16.0. The fourth-order valence-corrected chi connectivity index (χ4v) is 8.37. The van der Waals surface area contributed by atoms with E-state index < -0.39 is 22.7 Å². The normalized spacial score (nSPS) is 23.0. The highest BCUT2D eigenvalue weighted by Gasteiger charge is 2.51. The molecule has 1 fully saturated rings. The summed E-state index contributed by atoms with van der Waals surface area (Å²) in [4.78, 5) is 11.5. The van der Waals surface area contributed by atoms with E-state index >= 15 is 0 Å². The minimum atomic E-state index is -2.00. The van der Waals surface area contributed by atoms with Crippen molar-refractivity contribution in [3.63, 3.8) is 0 Å². The predicted octanol–water partition coefficient (Wildman–Crippen LogP) is 9.43. The minimum Gasteiger partial charge on any atom is -0.469 e. The van der Waals surface area contributed by atoms with E-state index in [-0.39, 0.29) is 28.3 Å². The van der Waals surface area contributed by atoms with Crippen LogP contribution in [0.25, 0.3) is 0 Å². The number of aliphatic hydroxyl groups is 1. The van der Waals surface area contributed by atoms with Gasteiger partial charge in [0.05, 0.1) is 25.4 Å². The molecule has 5 atom stereocenters. The third-order valence-corrected chi connectivity index (χ3v) is 19.3. The van der Waals surface area contributed by atoms with E-state index in [4.69, 9.17) is 13.6 Å². The molecule has 41 heavy (non-hydrogen) atoms. The first kappa shape index (κ1) is 36.2. The Balaban J connectivity index is 2.29. The van der Waals surface area contributed by atoms with Gasteiger partial charge in [-0.1, -0.05) is 91.1 Å². The zero-order valence-electron chi connectivity index (χ0n) is 28.2. The van der Waals surface area contributed by atoms with E-state index in [0.717, 1.165) is 56.9 Å². The standard InChI is InChI=1S/C34H62O5Si2/c1-33(2,3)40(8,9)38-30-25-31(39-41(10,11)34(4,5)6)28(23-24-29(35)26-19-15-14-16-20-26)27(30)21-17-12-13-18-22-32(36)37-7/h14-16,19-20,27-31,35H,12-13,17-18,21-25H2,1-11H3/t27-,28-,29?,30?,31-/m1/s1. The molecule has 2 rings (SSSR count). The average Bonchev–Trinajstić information content (AvgIpc) is 3.17. The van der Waals surface area contributed by atoms with E-state index in [2.05, 4.69) is 67.7 Å². The summed E-state index contributed by atoms with van der Waals surface area (Å²) in [6, 6.07) is 10.1. The first-order valence-corrected chi connectivity index (χ1v) is 21.9. The lowest BCUT2D eigenvalue weighted by atomic mass is 9.84. The number of hydrogen-bond acceptors (Lipinski definition) is 5. The summed E-state index contributed by atoms with van der Waals surface area (Å²) in [6.07, 6.45) is 8.21. The SMILES string of the molecule is COC(=O)CCCCCC[C@H]1C(O[Si](C)(C)C(C)(C)C)C[C@@H](O[Si](C)(C)C(C)(C)C)[C@@H]1CCC(O)c1ccccc1. The van der Waals surface area contributed by atoms with Gasteiger partial charge in [0.1, 0.15) is 0 Å². The van der Waals surface area contributed by atoms with Crippen LogP contribution in [-0.2, 0) is 18.4 Å². The molecule has 0 aliphatic heterocycles. The summed E-state index contributed by atoms with van der Waals surface area (Å²) in [5.74, 6) is 0.640. The van der Waals surface area contributed by atoms with Crippen molar-refractivity contribution in [2.75, 3.05) is 7.11 Å². The molecular weight excluding hydrogens is 545 g/mol. The molecule has 0 saturated heterocycles. The van der Waals surface area contributed by atoms with E-state index in [1.807, 2.05) is 30.3 Å². The smallest absolute Gasteiger partial charge is 0.305 e. The van der Waals surface area contributed by atoms with Crippen molar-refractivity contribution in [1.29, 1.82) is 0 Å². The maximum Gasteiger partial charge on any atom is 0.305 e. The summed E-state index contributed by atoms with van der Waals surface area (Å²) in [5, 5.41) is 11.4. The number of methoxy groups -OCH3 is 1. The van der Waals surface area contributed by atoms with Crippen LogP contribution in [0.1, 0.15) is 111 Å². The van der Waals surface area contributed by atoms with Gasteiger partial charge in [-0.2, -0.15) is 0 Å². The summed E-state index contributed by atoms with van der Waals surface area (Å²) in [7, 11) is -2.53. The van der Waals surface area contributed by atoms with Crippen molar-refractivity contribution in [2.24, 2.45) is 11.8 Å². The van der Waals surface area contributed by atoms with Gasteiger partial charge in [0.2, 0.25) is 0 Å². The molecule has 236 valence electrons. The number of carbonyl (C=O) groups excluding carboxylic acids is 1. The number of rotatable bonds is 15. The van der Waals surface area contributed by atoms with Crippen LogP contribution in [0.5, 0.6) is 0 Å². The van der Waals surface area contributed by atoms with Crippen molar-refractivity contribution in [2.45, 2.75) is 154 Å². The fraction of sp³-hybridized carbons (Fsp3) is 0.794. The highest BCUT2D eigenvalue weighted by molar-refractivity contribution is 6.74. The van der Waals surface area contributed by atoms with E-state index in [0.29, 0.717) is 18.3 Å². The first-order chi connectivity index (χ1) is 18.9. The van der Waals surface area contributed by atoms with Gasteiger partial charge in [-0.05, 0) is 85.8 Å². The van der Waals surface area contributed by atoms with Crippen LogP contribution >= 0.6 is 0 Å². The fourth-order valence-electron chi connectivity index (χ4n) is 5.61. The molecule has 1 saturated carbocycles. The number of ether oxygens (including phenoxy) is 1. The highest BCUT2D eigenvalue weighted by Crippen LogP contribution is 2.49. The summed E-state index contributed by atoms with van der Waals surface area (Å²) in [5.41, 5.74) is 0.989. The van der Waals surface area contributed by atoms with Gasteiger partial charge in [-0.3, -0.25) is 4.79 Å². The Kier molecular flexibility index (Phi) is 13.4. The van der Waals surface area contributed by atoms with E-state index in [9.17, 15) is 9.90 Å². The number of unbranched alkanes of at least 4 members (excludes halogenated alkanes) is 3. The number of carbonyl (C=O) groups is 1. The van der Waals surface area contributed by atoms with Gasteiger partial charge < -0.3 is 18.7 Å². The molecule has 0 amide bonds.